The van der Waals surface area contributed by atoms with Crippen molar-refractivity contribution in [2.24, 2.45) is 0 Å². The Morgan fingerprint density at radius 1 is 0.776 bits per heavy atom. The summed E-state index contributed by atoms with van der Waals surface area (Å²) in [5, 5.41) is 14.7. The van der Waals surface area contributed by atoms with Gasteiger partial charge in [0, 0.05) is 59.3 Å². The first-order valence-corrected chi connectivity index (χ1v) is 20.2. The van der Waals surface area contributed by atoms with Crippen LogP contribution in [0.15, 0.2) is 104 Å². The fourth-order valence-electron chi connectivity index (χ4n) is 5.97. The summed E-state index contributed by atoms with van der Waals surface area (Å²) in [6.45, 7) is 7.91. The number of amides is 2. The molecule has 6 rings (SSSR count). The van der Waals surface area contributed by atoms with Crippen LogP contribution in [0, 0.1) is 0 Å². The summed E-state index contributed by atoms with van der Waals surface area (Å²) < 4.78 is 57.7. The van der Waals surface area contributed by atoms with Crippen LogP contribution in [0.5, 0.6) is 28.7 Å². The van der Waals surface area contributed by atoms with Crippen LogP contribution in [0.25, 0.3) is 10.8 Å². The molecule has 0 unspecified atom stereocenters. The molecule has 0 spiro atoms. The Kier molecular flexibility index (Phi) is 12.9. The fraction of sp³-hybridized carbons (Fsp3) is 0.262. The molecule has 4 aromatic carbocycles. The normalized spacial score (nSPS) is 11.5. The number of carbonyl (C=O) groups excluding carboxylic acids is 1. The molecule has 2 heterocycles. The Hall–Kier alpha value is -6.52. The van der Waals surface area contributed by atoms with Crippen molar-refractivity contribution in [3.8, 4) is 28.7 Å². The summed E-state index contributed by atoms with van der Waals surface area (Å²) in [6.07, 6.45) is 6.31. The summed E-state index contributed by atoms with van der Waals surface area (Å²) in [4.78, 5) is 18.0. The Labute approximate surface area is 337 Å². The topological polar surface area (TPSA) is 176 Å². The van der Waals surface area contributed by atoms with Crippen LogP contribution in [-0.2, 0) is 26.7 Å². The fourth-order valence-corrected chi connectivity index (χ4v) is 6.52. The van der Waals surface area contributed by atoms with Crippen LogP contribution in [0.3, 0.4) is 0 Å². The van der Waals surface area contributed by atoms with Gasteiger partial charge in [0.25, 0.3) is 0 Å². The lowest BCUT2D eigenvalue weighted by atomic mass is 9.86. The highest BCUT2D eigenvalue weighted by atomic mass is 32.2. The maximum Gasteiger partial charge on any atom is 0.323 e. The van der Waals surface area contributed by atoms with Crippen LogP contribution in [0.2, 0.25) is 0 Å². The van der Waals surface area contributed by atoms with Crippen molar-refractivity contribution < 1.29 is 36.9 Å². The van der Waals surface area contributed by atoms with Gasteiger partial charge < -0.3 is 39.6 Å². The average molecular weight is 810 g/mol. The van der Waals surface area contributed by atoms with E-state index in [-0.39, 0.29) is 16.9 Å². The number of pyridine rings is 1. The molecule has 0 aliphatic carbocycles. The number of fused-ring (bicyclic) bond motifs is 1. The van der Waals surface area contributed by atoms with Gasteiger partial charge in [-0.15, -0.1) is 0 Å². The molecule has 0 aliphatic rings. The maximum absolute atomic E-state index is 13.5. The summed E-state index contributed by atoms with van der Waals surface area (Å²) in [7, 11) is -0.642. The number of aromatic nitrogens is 3. The molecule has 0 aliphatic heterocycles. The maximum atomic E-state index is 13.5. The van der Waals surface area contributed by atoms with E-state index in [2.05, 4.69) is 30.8 Å². The van der Waals surface area contributed by atoms with Crippen LogP contribution < -0.4 is 39.6 Å². The first-order chi connectivity index (χ1) is 27.8. The summed E-state index contributed by atoms with van der Waals surface area (Å²) in [5.41, 5.74) is 2.15. The SMILES string of the molecule is COc1cc(Nc2cc(Oc3ccc(NC(=O)Nc4cc(C(C)(C)C)cc(NS(C)(=O)=O)c4OC)c4ccccc34)ccn2)cc(OCCOCCn2cccn2)c1. The molecule has 58 heavy (non-hydrogen) atoms. The van der Waals surface area contributed by atoms with Gasteiger partial charge in [-0.1, -0.05) is 45.0 Å². The van der Waals surface area contributed by atoms with Gasteiger partial charge in [0.1, 0.15) is 35.4 Å². The van der Waals surface area contributed by atoms with E-state index < -0.39 is 16.1 Å². The third-order valence-electron chi connectivity index (χ3n) is 8.70. The van der Waals surface area contributed by atoms with Gasteiger partial charge in [0.15, 0.2) is 5.75 Å². The zero-order valence-corrected chi connectivity index (χ0v) is 34.0. The van der Waals surface area contributed by atoms with Gasteiger partial charge in [0.05, 0.1) is 57.3 Å². The molecule has 0 saturated heterocycles. The van der Waals surface area contributed by atoms with E-state index in [0.29, 0.717) is 72.2 Å². The highest BCUT2D eigenvalue weighted by molar-refractivity contribution is 7.92. The van der Waals surface area contributed by atoms with E-state index in [1.807, 2.05) is 74.1 Å². The number of anilines is 5. The van der Waals surface area contributed by atoms with E-state index >= 15 is 0 Å². The number of benzene rings is 4. The number of ether oxygens (including phenoxy) is 5. The van der Waals surface area contributed by atoms with Crippen LogP contribution in [0.1, 0.15) is 26.3 Å². The van der Waals surface area contributed by atoms with E-state index in [0.717, 1.165) is 22.6 Å². The largest absolute Gasteiger partial charge is 0.497 e. The standard InChI is InChI=1S/C42H47N7O8S/c1-42(2,3)28-22-36(40(54-5)37(23-28)48-58(6,51)52)47-41(50)46-35-12-13-38(34-11-8-7-10-33(34)35)57-30-14-16-43-39(27-30)45-29-24-31(53-4)26-32(25-29)56-21-20-55-19-18-49-17-9-15-44-49/h7-17,22-27,48H,18-21H2,1-6H3,(H,43,45)(H2,46,47,50). The Balaban J connectivity index is 1.14. The van der Waals surface area contributed by atoms with E-state index in [4.69, 9.17) is 23.7 Å². The minimum atomic E-state index is -3.64. The number of nitrogens with one attached hydrogen (secondary N) is 4. The lowest BCUT2D eigenvalue weighted by Gasteiger charge is -2.24. The van der Waals surface area contributed by atoms with Gasteiger partial charge in [-0.2, -0.15) is 5.10 Å². The monoisotopic (exact) mass is 809 g/mol. The van der Waals surface area contributed by atoms with Gasteiger partial charge in [-0.25, -0.2) is 18.2 Å². The van der Waals surface area contributed by atoms with Crippen LogP contribution in [0.4, 0.5) is 33.4 Å². The molecule has 304 valence electrons. The predicted octanol–water partition coefficient (Wildman–Crippen LogP) is 8.39. The van der Waals surface area contributed by atoms with Gasteiger partial charge in [0.2, 0.25) is 10.0 Å². The van der Waals surface area contributed by atoms with Gasteiger partial charge in [-0.05, 0) is 47.4 Å². The van der Waals surface area contributed by atoms with Crippen molar-refractivity contribution in [1.82, 2.24) is 14.8 Å². The van der Waals surface area contributed by atoms with Crippen molar-refractivity contribution in [3.05, 3.63) is 109 Å². The zero-order chi connectivity index (χ0) is 41.3. The van der Waals surface area contributed by atoms with Gasteiger partial charge in [-0.3, -0.25) is 9.40 Å². The van der Waals surface area contributed by atoms with Crippen molar-refractivity contribution in [2.45, 2.75) is 32.7 Å². The summed E-state index contributed by atoms with van der Waals surface area (Å²) in [5.74, 6) is 2.99. The Bertz CT molecular complexity index is 2470. The third kappa shape index (κ3) is 11.1. The number of rotatable bonds is 17. The molecule has 15 nitrogen and oxygen atoms in total. The number of carbonyl (C=O) groups is 1. The number of nitrogens with zero attached hydrogens (tertiary/aromatic N) is 3. The van der Waals surface area contributed by atoms with E-state index in [9.17, 15) is 13.2 Å². The second kappa shape index (κ2) is 18.2. The van der Waals surface area contributed by atoms with Crippen LogP contribution >= 0.6 is 0 Å². The third-order valence-corrected chi connectivity index (χ3v) is 9.29. The van der Waals surface area contributed by atoms with Crippen LogP contribution in [-0.4, -0.2) is 69.5 Å². The predicted molar refractivity (Wildman–Crippen MR) is 226 cm³/mol. The molecule has 2 aromatic heterocycles. The number of sulfonamides is 1. The molecule has 6 aromatic rings. The minimum Gasteiger partial charge on any atom is -0.497 e. The molecule has 0 fully saturated rings. The van der Waals surface area contributed by atoms with Crippen molar-refractivity contribution >= 4 is 55.4 Å². The lowest BCUT2D eigenvalue weighted by Crippen LogP contribution is -2.22. The smallest absolute Gasteiger partial charge is 0.323 e. The summed E-state index contributed by atoms with van der Waals surface area (Å²) >= 11 is 0. The molecule has 0 atom stereocenters. The van der Waals surface area contributed by atoms with Gasteiger partial charge >= 0.3 is 6.03 Å². The first kappa shape index (κ1) is 41.1. The van der Waals surface area contributed by atoms with Crippen molar-refractivity contribution in [2.75, 3.05) is 61.0 Å². The molecule has 4 N–H and O–H groups in total. The number of urea groups is 1. The number of methoxy groups -OCH3 is 2. The molecule has 0 radical (unpaired) electrons. The second-order valence-electron chi connectivity index (χ2n) is 14.2. The summed E-state index contributed by atoms with van der Waals surface area (Å²) in [6, 6.07) is 24.8. The molecule has 16 heteroatoms. The van der Waals surface area contributed by atoms with E-state index in [1.165, 1.54) is 7.11 Å². The number of hydrogen-bond donors (Lipinski definition) is 4. The quantitative estimate of drug-likeness (QED) is 0.0651. The second-order valence-corrected chi connectivity index (χ2v) is 15.9. The number of hydrogen-bond acceptors (Lipinski definition) is 11. The molecule has 2 amide bonds. The van der Waals surface area contributed by atoms with E-state index in [1.54, 1.807) is 62.0 Å². The average Bonchev–Trinajstić information content (AvgIpc) is 3.70. The minimum absolute atomic E-state index is 0.174. The molecular formula is C42H47N7O8S. The molecule has 0 saturated carbocycles. The highest BCUT2D eigenvalue weighted by Gasteiger charge is 2.22. The Morgan fingerprint density at radius 3 is 2.26 bits per heavy atom. The zero-order valence-electron chi connectivity index (χ0n) is 33.2. The lowest BCUT2D eigenvalue weighted by molar-refractivity contribution is 0.0926. The van der Waals surface area contributed by atoms with Crippen molar-refractivity contribution in [1.29, 1.82) is 0 Å². The highest BCUT2D eigenvalue weighted by Crippen LogP contribution is 2.40. The molecular weight excluding hydrogens is 763 g/mol. The molecule has 0 bridgehead atoms. The Morgan fingerprint density at radius 2 is 1.53 bits per heavy atom. The first-order valence-electron chi connectivity index (χ1n) is 18.4. The van der Waals surface area contributed by atoms with Crippen molar-refractivity contribution in [3.63, 3.8) is 0 Å².